The SMILES string of the molecule is O=c1cc2ccc3c(c2c2cccncc1-2)COO3. The van der Waals surface area contributed by atoms with E-state index >= 15 is 0 Å². The summed E-state index contributed by atoms with van der Waals surface area (Å²) in [5, 5.41) is 1.90. The molecule has 0 saturated carbocycles. The van der Waals surface area contributed by atoms with Crippen molar-refractivity contribution in [3.8, 4) is 16.9 Å². The van der Waals surface area contributed by atoms with E-state index in [0.717, 1.165) is 21.9 Å². The fourth-order valence-electron chi connectivity index (χ4n) is 2.56. The maximum absolute atomic E-state index is 12.1. The standard InChI is InChI=1S/C15H9NO3/c17-13-6-9-3-4-14-12(8-18-19-14)15(9)10-2-1-5-16-7-11(10)13/h1-7H,8H2. The van der Waals surface area contributed by atoms with Crippen LogP contribution in [0.4, 0.5) is 0 Å². The summed E-state index contributed by atoms with van der Waals surface area (Å²) in [7, 11) is 0. The molecule has 0 radical (unpaired) electrons. The van der Waals surface area contributed by atoms with Gasteiger partial charge in [0, 0.05) is 23.5 Å². The van der Waals surface area contributed by atoms with Crippen molar-refractivity contribution in [3.63, 3.8) is 0 Å². The number of hydrogen-bond acceptors (Lipinski definition) is 4. The van der Waals surface area contributed by atoms with Crippen LogP contribution in [0.5, 0.6) is 5.75 Å². The Hall–Kier alpha value is -2.46. The Morgan fingerprint density at radius 1 is 1.16 bits per heavy atom. The molecule has 0 saturated heterocycles. The summed E-state index contributed by atoms with van der Waals surface area (Å²) in [5.41, 5.74) is 2.45. The third-order valence-corrected chi connectivity index (χ3v) is 3.40. The lowest BCUT2D eigenvalue weighted by Crippen LogP contribution is -2.04. The number of benzene rings is 2. The topological polar surface area (TPSA) is 48.4 Å². The molecule has 0 aromatic heterocycles. The van der Waals surface area contributed by atoms with Crippen LogP contribution in [-0.4, -0.2) is 4.98 Å². The van der Waals surface area contributed by atoms with Crippen molar-refractivity contribution in [2.45, 2.75) is 6.61 Å². The van der Waals surface area contributed by atoms with Gasteiger partial charge in [-0.1, -0.05) is 12.1 Å². The van der Waals surface area contributed by atoms with E-state index in [1.165, 1.54) is 0 Å². The van der Waals surface area contributed by atoms with Gasteiger partial charge in [0.15, 0.2) is 11.2 Å². The summed E-state index contributed by atoms with van der Waals surface area (Å²) in [4.78, 5) is 26.4. The third kappa shape index (κ3) is 1.44. The van der Waals surface area contributed by atoms with Gasteiger partial charge in [-0.25, -0.2) is 0 Å². The largest absolute Gasteiger partial charge is 0.337 e. The molecule has 0 fully saturated rings. The van der Waals surface area contributed by atoms with Crippen LogP contribution in [0.3, 0.4) is 0 Å². The molecule has 0 unspecified atom stereocenters. The van der Waals surface area contributed by atoms with Gasteiger partial charge in [-0.2, -0.15) is 4.89 Å². The lowest BCUT2D eigenvalue weighted by atomic mass is 9.94. The van der Waals surface area contributed by atoms with Gasteiger partial charge in [0.1, 0.15) is 6.61 Å². The number of fused-ring (bicyclic) bond motifs is 5. The van der Waals surface area contributed by atoms with E-state index in [2.05, 4.69) is 4.98 Å². The Morgan fingerprint density at radius 3 is 3.05 bits per heavy atom. The summed E-state index contributed by atoms with van der Waals surface area (Å²) in [6, 6.07) is 9.08. The Bertz CT molecular complexity index is 829. The first-order chi connectivity index (χ1) is 9.34. The second-order valence-corrected chi connectivity index (χ2v) is 4.47. The Labute approximate surface area is 108 Å². The summed E-state index contributed by atoms with van der Waals surface area (Å²) in [5.74, 6) is 0.715. The maximum atomic E-state index is 12.1. The van der Waals surface area contributed by atoms with Crippen molar-refractivity contribution >= 4 is 10.8 Å². The first-order valence-corrected chi connectivity index (χ1v) is 5.97. The lowest BCUT2D eigenvalue weighted by molar-refractivity contribution is -0.194. The van der Waals surface area contributed by atoms with Crippen LogP contribution >= 0.6 is 0 Å². The molecule has 0 N–H and O–H groups in total. The molecule has 0 atom stereocenters. The van der Waals surface area contributed by atoms with Gasteiger partial charge < -0.3 is 4.89 Å². The molecule has 4 rings (SSSR count). The molecule has 0 spiro atoms. The van der Waals surface area contributed by atoms with Gasteiger partial charge in [0.25, 0.3) is 0 Å². The van der Waals surface area contributed by atoms with Crippen LogP contribution in [0.2, 0.25) is 0 Å². The highest BCUT2D eigenvalue weighted by Gasteiger charge is 2.21. The average Bonchev–Trinajstić information content (AvgIpc) is 2.74. The minimum atomic E-state index is -0.0222. The van der Waals surface area contributed by atoms with E-state index in [0.29, 0.717) is 17.9 Å². The fraction of sp³-hybridized carbons (Fsp3) is 0.0667. The minimum absolute atomic E-state index is 0.0222. The number of aromatic nitrogens is 1. The lowest BCUT2D eigenvalue weighted by Gasteiger charge is -2.08. The predicted molar refractivity (Wildman–Crippen MR) is 70.1 cm³/mol. The van der Waals surface area contributed by atoms with Crippen LogP contribution in [0.25, 0.3) is 21.9 Å². The molecule has 1 aliphatic carbocycles. The number of hydrogen-bond donors (Lipinski definition) is 0. The van der Waals surface area contributed by atoms with Crippen LogP contribution < -0.4 is 10.3 Å². The molecule has 0 bridgehead atoms. The Balaban J connectivity index is 2.28. The van der Waals surface area contributed by atoms with Gasteiger partial charge in [0.2, 0.25) is 0 Å². The molecule has 1 aromatic rings. The maximum Gasteiger partial charge on any atom is 0.188 e. The molecule has 1 aromatic carbocycles. The number of nitrogens with zero attached hydrogens (tertiary/aromatic N) is 1. The molecule has 0 amide bonds. The minimum Gasteiger partial charge on any atom is -0.337 e. The van der Waals surface area contributed by atoms with Gasteiger partial charge in [-0.15, -0.1) is 0 Å². The van der Waals surface area contributed by atoms with Crippen molar-refractivity contribution in [2.75, 3.05) is 0 Å². The highest BCUT2D eigenvalue weighted by molar-refractivity contribution is 6.01. The molecular weight excluding hydrogens is 242 g/mol. The first-order valence-electron chi connectivity index (χ1n) is 5.97. The zero-order chi connectivity index (χ0) is 12.8. The van der Waals surface area contributed by atoms with E-state index in [9.17, 15) is 4.79 Å². The van der Waals surface area contributed by atoms with E-state index in [-0.39, 0.29) is 5.43 Å². The second-order valence-electron chi connectivity index (χ2n) is 4.47. The van der Waals surface area contributed by atoms with Gasteiger partial charge in [0.05, 0.1) is 0 Å². The summed E-state index contributed by atoms with van der Waals surface area (Å²) >= 11 is 0. The summed E-state index contributed by atoms with van der Waals surface area (Å²) in [6.45, 7) is 0.395. The quantitative estimate of drug-likeness (QED) is 0.576. The smallest absolute Gasteiger partial charge is 0.188 e. The van der Waals surface area contributed by atoms with E-state index in [4.69, 9.17) is 9.78 Å². The van der Waals surface area contributed by atoms with Crippen LogP contribution in [0.15, 0.2) is 47.5 Å². The molecule has 4 heteroatoms. The monoisotopic (exact) mass is 251 g/mol. The van der Waals surface area contributed by atoms with Gasteiger partial charge in [-0.3, -0.25) is 9.78 Å². The predicted octanol–water partition coefficient (Wildman–Crippen LogP) is 2.52. The molecule has 19 heavy (non-hydrogen) atoms. The van der Waals surface area contributed by atoms with Crippen LogP contribution in [-0.2, 0) is 11.5 Å². The highest BCUT2D eigenvalue weighted by atomic mass is 17.2. The Morgan fingerprint density at radius 2 is 2.11 bits per heavy atom. The van der Waals surface area contributed by atoms with Crippen molar-refractivity contribution in [3.05, 3.63) is 58.5 Å². The molecule has 3 aliphatic rings. The van der Waals surface area contributed by atoms with Crippen molar-refractivity contribution in [2.24, 2.45) is 0 Å². The zero-order valence-electron chi connectivity index (χ0n) is 9.92. The van der Waals surface area contributed by atoms with Crippen molar-refractivity contribution < 1.29 is 9.78 Å². The van der Waals surface area contributed by atoms with E-state index in [1.807, 2.05) is 24.3 Å². The normalized spacial score (nSPS) is 13.5. The van der Waals surface area contributed by atoms with E-state index < -0.39 is 0 Å². The Kier molecular flexibility index (Phi) is 2.07. The molecule has 92 valence electrons. The molecular formula is C15H9NO3. The van der Waals surface area contributed by atoms with Gasteiger partial charge >= 0.3 is 0 Å². The first kappa shape index (κ1) is 10.5. The summed E-state index contributed by atoms with van der Waals surface area (Å²) in [6.07, 6.45) is 3.27. The molecule has 2 heterocycles. The van der Waals surface area contributed by atoms with Crippen LogP contribution in [0.1, 0.15) is 5.56 Å². The second kappa shape index (κ2) is 3.76. The third-order valence-electron chi connectivity index (χ3n) is 3.40. The zero-order valence-corrected chi connectivity index (χ0v) is 9.92. The van der Waals surface area contributed by atoms with Crippen molar-refractivity contribution in [1.82, 2.24) is 4.98 Å². The highest BCUT2D eigenvalue weighted by Crippen LogP contribution is 2.37. The number of rotatable bonds is 0. The van der Waals surface area contributed by atoms with Crippen LogP contribution in [0, 0.1) is 0 Å². The molecule has 4 nitrogen and oxygen atoms in total. The fourth-order valence-corrected chi connectivity index (χ4v) is 2.56. The van der Waals surface area contributed by atoms with Gasteiger partial charge in [-0.05, 0) is 34.5 Å². The van der Waals surface area contributed by atoms with E-state index in [1.54, 1.807) is 18.5 Å². The van der Waals surface area contributed by atoms with Crippen molar-refractivity contribution in [1.29, 1.82) is 0 Å². The average molecular weight is 251 g/mol. The summed E-state index contributed by atoms with van der Waals surface area (Å²) < 4.78 is 0. The molecule has 2 aliphatic heterocycles.